The summed E-state index contributed by atoms with van der Waals surface area (Å²) in [5.41, 5.74) is 0. The zero-order chi connectivity index (χ0) is 71.9. The summed E-state index contributed by atoms with van der Waals surface area (Å²) in [7, 11) is -9.92. The number of hydrogen-bond acceptors (Lipinski definition) is 15. The fourth-order valence-electron chi connectivity index (χ4n) is 11.7. The number of rotatable bonds is 77. The fourth-order valence-corrected chi connectivity index (χ4v) is 13.3. The monoisotopic (exact) mass is 1430 g/mol. The van der Waals surface area contributed by atoms with Gasteiger partial charge in [-0.1, -0.05) is 341 Å². The Morgan fingerprint density at radius 2 is 0.551 bits per heavy atom. The molecule has 0 rings (SSSR count). The van der Waals surface area contributed by atoms with E-state index in [9.17, 15) is 43.2 Å². The molecule has 0 aliphatic carbocycles. The van der Waals surface area contributed by atoms with Crippen molar-refractivity contribution in [3.05, 3.63) is 24.3 Å². The molecule has 2 unspecified atom stereocenters. The second kappa shape index (κ2) is 71.5. The number of ether oxygens (including phenoxy) is 4. The summed E-state index contributed by atoms with van der Waals surface area (Å²) in [6, 6.07) is 0. The standard InChI is InChI=1S/C79H150O17P2/c1-6-9-12-15-18-21-23-25-30-35-38-43-48-53-58-63-77(82)90-69-75(96-79(84)65-60-55-50-45-40-36-32-29-27-26-28-31-34-37-42-46-51-56-61-72(4)5)71-94-98(87,88)92-67-73(80)66-91-97(85,86)93-70-74(68-89-76(81)62-57-52-47-41-20-17-14-11-8-3)95-78(83)64-59-54-49-44-39-33-24-22-19-16-13-10-7-2/h21,23,25,30,72-75,80H,6-20,22,24,26-29,31-71H2,1-5H3,(H,85,86)(H,87,88)/b23-21-,30-25-/t73-,74+,75+/m0/s1. The lowest BCUT2D eigenvalue weighted by molar-refractivity contribution is -0.161. The lowest BCUT2D eigenvalue weighted by atomic mass is 10.0. The molecule has 0 aromatic carbocycles. The fraction of sp³-hybridized carbons (Fsp3) is 0.899. The van der Waals surface area contributed by atoms with E-state index in [4.69, 9.17) is 37.0 Å². The molecule has 17 nitrogen and oxygen atoms in total. The Bertz CT molecular complexity index is 1970. The third-order valence-electron chi connectivity index (χ3n) is 17.9. The van der Waals surface area contributed by atoms with E-state index < -0.39 is 97.5 Å². The third kappa shape index (κ3) is 71.9. The van der Waals surface area contributed by atoms with Gasteiger partial charge in [0.25, 0.3) is 0 Å². The van der Waals surface area contributed by atoms with E-state index in [1.807, 2.05) is 0 Å². The van der Waals surface area contributed by atoms with Crippen molar-refractivity contribution in [3.8, 4) is 0 Å². The Hall–Kier alpha value is -2.46. The third-order valence-corrected chi connectivity index (χ3v) is 19.8. The molecule has 19 heteroatoms. The van der Waals surface area contributed by atoms with Crippen molar-refractivity contribution in [1.29, 1.82) is 0 Å². The van der Waals surface area contributed by atoms with Gasteiger partial charge in [0.05, 0.1) is 26.4 Å². The molecule has 3 N–H and O–H groups in total. The highest BCUT2D eigenvalue weighted by Crippen LogP contribution is 2.45. The SMILES string of the molecule is CCCCCC/C=C\C=C/CCCCCCCC(=O)OC[C@H](COP(=O)(O)OC[C@@H](O)COP(=O)(O)OC[C@@H](COC(=O)CCCCCCCCCCC)OC(=O)CCCCCCCCCCCCCCC)OC(=O)CCCCCCCCCCCCCCCCCCCCC(C)C. The van der Waals surface area contributed by atoms with Crippen molar-refractivity contribution in [2.45, 2.75) is 412 Å². The highest BCUT2D eigenvalue weighted by atomic mass is 31.2. The molecule has 0 radical (unpaired) electrons. The van der Waals surface area contributed by atoms with Gasteiger partial charge in [-0.2, -0.15) is 0 Å². The lowest BCUT2D eigenvalue weighted by Crippen LogP contribution is -2.30. The number of hydrogen-bond donors (Lipinski definition) is 3. The van der Waals surface area contributed by atoms with Crippen LogP contribution in [0.3, 0.4) is 0 Å². The first kappa shape index (κ1) is 95.5. The van der Waals surface area contributed by atoms with Crippen LogP contribution in [0.1, 0.15) is 394 Å². The number of phosphoric ester groups is 2. The van der Waals surface area contributed by atoms with E-state index in [2.05, 4.69) is 58.9 Å². The summed E-state index contributed by atoms with van der Waals surface area (Å²) in [6.45, 7) is 7.27. The predicted molar refractivity (Wildman–Crippen MR) is 400 cm³/mol. The molecule has 0 heterocycles. The summed E-state index contributed by atoms with van der Waals surface area (Å²) in [5.74, 6) is -1.32. The van der Waals surface area contributed by atoms with Crippen LogP contribution in [0, 0.1) is 5.92 Å². The van der Waals surface area contributed by atoms with Crippen LogP contribution < -0.4 is 0 Å². The minimum absolute atomic E-state index is 0.102. The molecule has 0 aliphatic heterocycles. The molecule has 0 bridgehead atoms. The second-order valence-electron chi connectivity index (χ2n) is 28.2. The number of unbranched alkanes of at least 4 members (excludes halogenated alkanes) is 46. The number of allylic oxidation sites excluding steroid dienone is 4. The van der Waals surface area contributed by atoms with Crippen molar-refractivity contribution < 1.29 is 80.2 Å². The van der Waals surface area contributed by atoms with Gasteiger partial charge < -0.3 is 33.8 Å². The van der Waals surface area contributed by atoms with Crippen LogP contribution in [0.25, 0.3) is 0 Å². The zero-order valence-corrected chi connectivity index (χ0v) is 65.2. The van der Waals surface area contributed by atoms with Gasteiger partial charge in [0.2, 0.25) is 0 Å². The van der Waals surface area contributed by atoms with Gasteiger partial charge in [0, 0.05) is 25.7 Å². The average molecular weight is 1430 g/mol. The van der Waals surface area contributed by atoms with E-state index in [0.29, 0.717) is 25.7 Å². The largest absolute Gasteiger partial charge is 0.472 e. The second-order valence-corrected chi connectivity index (χ2v) is 31.2. The molecule has 0 saturated carbocycles. The average Bonchev–Trinajstić information content (AvgIpc) is 1.31. The Kier molecular flexibility index (Phi) is 69.7. The smallest absolute Gasteiger partial charge is 0.462 e. The van der Waals surface area contributed by atoms with Crippen LogP contribution in [-0.2, 0) is 65.4 Å². The van der Waals surface area contributed by atoms with Crippen molar-refractivity contribution >= 4 is 39.5 Å². The minimum Gasteiger partial charge on any atom is -0.462 e. The topological polar surface area (TPSA) is 237 Å². The normalized spacial score (nSPS) is 14.1. The quantitative estimate of drug-likeness (QED) is 0.0169. The number of phosphoric acid groups is 2. The lowest BCUT2D eigenvalue weighted by Gasteiger charge is -2.21. The summed E-state index contributed by atoms with van der Waals surface area (Å²) in [6.07, 6.45) is 64.6. The van der Waals surface area contributed by atoms with Gasteiger partial charge in [0.15, 0.2) is 12.2 Å². The van der Waals surface area contributed by atoms with E-state index in [1.165, 1.54) is 199 Å². The van der Waals surface area contributed by atoms with Crippen LogP contribution in [0.2, 0.25) is 0 Å². The zero-order valence-electron chi connectivity index (χ0n) is 63.4. The maximum absolute atomic E-state index is 13.1. The summed E-state index contributed by atoms with van der Waals surface area (Å²) >= 11 is 0. The van der Waals surface area contributed by atoms with Crippen molar-refractivity contribution in [2.75, 3.05) is 39.6 Å². The van der Waals surface area contributed by atoms with Gasteiger partial charge >= 0.3 is 39.5 Å². The first-order valence-corrected chi connectivity index (χ1v) is 43.4. The van der Waals surface area contributed by atoms with Crippen LogP contribution in [0.5, 0.6) is 0 Å². The van der Waals surface area contributed by atoms with E-state index >= 15 is 0 Å². The molecule has 0 saturated heterocycles. The summed E-state index contributed by atoms with van der Waals surface area (Å²) in [4.78, 5) is 72.8. The highest BCUT2D eigenvalue weighted by molar-refractivity contribution is 7.47. The molecule has 5 atom stereocenters. The first-order chi connectivity index (χ1) is 47.5. The van der Waals surface area contributed by atoms with Crippen molar-refractivity contribution in [2.24, 2.45) is 5.92 Å². The molecule has 0 aromatic heterocycles. The number of aliphatic hydroxyl groups excluding tert-OH is 1. The van der Waals surface area contributed by atoms with Gasteiger partial charge in [-0.05, 0) is 57.3 Å². The van der Waals surface area contributed by atoms with Gasteiger partial charge in [0.1, 0.15) is 19.3 Å². The van der Waals surface area contributed by atoms with Crippen LogP contribution >= 0.6 is 15.6 Å². The van der Waals surface area contributed by atoms with E-state index in [1.54, 1.807) is 0 Å². The van der Waals surface area contributed by atoms with Crippen LogP contribution in [-0.4, -0.2) is 96.7 Å². The number of carbonyl (C=O) groups is 4. The summed E-state index contributed by atoms with van der Waals surface area (Å²) in [5, 5.41) is 10.6. The molecular weight excluding hydrogens is 1280 g/mol. The Labute approximate surface area is 599 Å². The van der Waals surface area contributed by atoms with E-state index in [0.717, 1.165) is 115 Å². The number of carbonyl (C=O) groups excluding carboxylic acids is 4. The molecule has 0 amide bonds. The number of aliphatic hydroxyl groups is 1. The predicted octanol–water partition coefficient (Wildman–Crippen LogP) is 23.2. The molecule has 98 heavy (non-hydrogen) atoms. The number of esters is 4. The van der Waals surface area contributed by atoms with Gasteiger partial charge in [-0.15, -0.1) is 0 Å². The Morgan fingerprint density at radius 1 is 0.316 bits per heavy atom. The Balaban J connectivity index is 5.23. The first-order valence-electron chi connectivity index (χ1n) is 40.5. The van der Waals surface area contributed by atoms with Crippen molar-refractivity contribution in [1.82, 2.24) is 0 Å². The van der Waals surface area contributed by atoms with Gasteiger partial charge in [-0.25, -0.2) is 9.13 Å². The van der Waals surface area contributed by atoms with Gasteiger partial charge in [-0.3, -0.25) is 37.3 Å². The van der Waals surface area contributed by atoms with Crippen molar-refractivity contribution in [3.63, 3.8) is 0 Å². The Morgan fingerprint density at radius 3 is 0.837 bits per heavy atom. The molecule has 0 aliphatic rings. The molecule has 0 fully saturated rings. The maximum atomic E-state index is 13.1. The maximum Gasteiger partial charge on any atom is 0.472 e. The summed E-state index contributed by atoms with van der Waals surface area (Å²) < 4.78 is 68.5. The van der Waals surface area contributed by atoms with E-state index in [-0.39, 0.29) is 25.7 Å². The highest BCUT2D eigenvalue weighted by Gasteiger charge is 2.30. The molecule has 0 aromatic rings. The molecular formula is C79H150O17P2. The molecule has 578 valence electrons. The molecule has 0 spiro atoms. The minimum atomic E-state index is -4.97. The van der Waals surface area contributed by atoms with Crippen LogP contribution in [0.4, 0.5) is 0 Å². The van der Waals surface area contributed by atoms with Crippen LogP contribution in [0.15, 0.2) is 24.3 Å².